The Balaban J connectivity index is 1.49. The Hall–Kier alpha value is -4.17. The van der Waals surface area contributed by atoms with Crippen molar-refractivity contribution in [2.75, 3.05) is 11.5 Å². The van der Waals surface area contributed by atoms with Gasteiger partial charge in [0.05, 0.1) is 28.4 Å². The summed E-state index contributed by atoms with van der Waals surface area (Å²) in [5.41, 5.74) is 5.00. The molecule has 2 aliphatic heterocycles. The predicted octanol–water partition coefficient (Wildman–Crippen LogP) is 7.43. The fourth-order valence-corrected chi connectivity index (χ4v) is 7.02. The minimum atomic E-state index is -0.880. The number of carbonyl (C=O) groups is 2. The number of rotatable bonds is 8. The Labute approximate surface area is 249 Å². The molecule has 2 aliphatic rings. The molecule has 216 valence electrons. The molecule has 1 saturated heterocycles. The van der Waals surface area contributed by atoms with Gasteiger partial charge in [0.25, 0.3) is 5.78 Å². The number of aliphatic hydroxyl groups is 1. The molecule has 0 aliphatic carbocycles. The third-order valence-electron chi connectivity index (χ3n) is 7.83. The molecule has 0 saturated carbocycles. The van der Waals surface area contributed by atoms with Crippen molar-refractivity contribution in [2.24, 2.45) is 0 Å². The van der Waals surface area contributed by atoms with Crippen molar-refractivity contribution < 1.29 is 24.2 Å². The molecule has 1 N–H and O–H groups in total. The zero-order chi connectivity index (χ0) is 29.5. The van der Waals surface area contributed by atoms with Crippen LogP contribution in [0.3, 0.4) is 0 Å². The van der Waals surface area contributed by atoms with Crippen LogP contribution in [0.4, 0.5) is 5.13 Å². The number of anilines is 1. The normalized spacial score (nSPS) is 19.4. The van der Waals surface area contributed by atoms with Crippen molar-refractivity contribution in [3.63, 3.8) is 0 Å². The SMILES string of the molecule is CCCCCOc1cccc([C@H]2C(=C(O)c3ccc4c(c3)C[C@H](C)O4)C(=O)C(=O)N2c2nc3c(C)cc(C)cc3s2)c1. The smallest absolute Gasteiger partial charge is 0.301 e. The van der Waals surface area contributed by atoms with Crippen LogP contribution in [0, 0.1) is 13.8 Å². The van der Waals surface area contributed by atoms with Crippen molar-refractivity contribution in [1.29, 1.82) is 0 Å². The van der Waals surface area contributed by atoms with E-state index < -0.39 is 17.7 Å². The van der Waals surface area contributed by atoms with E-state index in [0.717, 1.165) is 51.9 Å². The van der Waals surface area contributed by atoms with E-state index in [-0.39, 0.29) is 17.4 Å². The summed E-state index contributed by atoms with van der Waals surface area (Å²) in [4.78, 5) is 33.8. The molecule has 42 heavy (non-hydrogen) atoms. The number of carbonyl (C=O) groups excluding carboxylic acids is 2. The van der Waals surface area contributed by atoms with Gasteiger partial charge in [-0.1, -0.05) is 49.3 Å². The summed E-state index contributed by atoms with van der Waals surface area (Å²) < 4.78 is 12.8. The molecule has 4 aromatic rings. The third kappa shape index (κ3) is 5.04. The molecular formula is C34H34N2O5S. The average molecular weight is 583 g/mol. The van der Waals surface area contributed by atoms with Gasteiger partial charge in [-0.3, -0.25) is 14.5 Å². The second-order valence-corrected chi connectivity index (χ2v) is 12.2. The topological polar surface area (TPSA) is 89.0 Å². The first kappa shape index (κ1) is 28.0. The van der Waals surface area contributed by atoms with E-state index in [4.69, 9.17) is 14.5 Å². The third-order valence-corrected chi connectivity index (χ3v) is 8.83. The first-order chi connectivity index (χ1) is 20.2. The Kier molecular flexibility index (Phi) is 7.49. The van der Waals surface area contributed by atoms with Gasteiger partial charge in [0.15, 0.2) is 5.13 Å². The summed E-state index contributed by atoms with van der Waals surface area (Å²) in [6, 6.07) is 16.0. The molecule has 6 rings (SSSR count). The van der Waals surface area contributed by atoms with Crippen LogP contribution >= 0.6 is 11.3 Å². The number of benzene rings is 3. The van der Waals surface area contributed by atoms with Gasteiger partial charge in [-0.05, 0) is 85.8 Å². The minimum absolute atomic E-state index is 0.0298. The number of hydrogen-bond acceptors (Lipinski definition) is 7. The Morgan fingerprint density at radius 3 is 2.76 bits per heavy atom. The van der Waals surface area contributed by atoms with E-state index in [9.17, 15) is 14.7 Å². The fourth-order valence-electron chi connectivity index (χ4n) is 5.85. The van der Waals surface area contributed by atoms with Crippen molar-refractivity contribution in [3.05, 3.63) is 88.0 Å². The standard InChI is InChI=1S/C34H34N2O5S/c1-5-6-7-13-40-25-10-8-9-22(18-25)30-28(31(37)23-11-12-26-24(17-23)16-21(4)41-26)32(38)33(39)36(30)34-35-29-20(3)14-19(2)15-27(29)42-34/h8-12,14-15,17-18,21,30,37H,5-7,13,16H2,1-4H3/t21-,30-/m0/s1. The summed E-state index contributed by atoms with van der Waals surface area (Å²) in [5, 5.41) is 12.1. The van der Waals surface area contributed by atoms with E-state index in [2.05, 4.69) is 13.0 Å². The van der Waals surface area contributed by atoms with Crippen LogP contribution in [0.2, 0.25) is 0 Å². The molecule has 8 heteroatoms. The molecular weight excluding hydrogens is 548 g/mol. The molecule has 1 amide bonds. The zero-order valence-corrected chi connectivity index (χ0v) is 25.1. The molecule has 0 spiro atoms. The van der Waals surface area contributed by atoms with Gasteiger partial charge in [0.1, 0.15) is 23.4 Å². The van der Waals surface area contributed by atoms with Gasteiger partial charge in [0, 0.05) is 12.0 Å². The quantitative estimate of drug-likeness (QED) is 0.101. The molecule has 7 nitrogen and oxygen atoms in total. The highest BCUT2D eigenvalue weighted by Crippen LogP contribution is 2.45. The number of thiazole rings is 1. The molecule has 0 radical (unpaired) electrons. The maximum Gasteiger partial charge on any atom is 0.301 e. The monoisotopic (exact) mass is 582 g/mol. The second kappa shape index (κ2) is 11.2. The zero-order valence-electron chi connectivity index (χ0n) is 24.3. The Morgan fingerprint density at radius 1 is 1.12 bits per heavy atom. The van der Waals surface area contributed by atoms with Crippen LogP contribution in [0.5, 0.6) is 11.5 Å². The van der Waals surface area contributed by atoms with Crippen molar-refractivity contribution in [1.82, 2.24) is 4.98 Å². The number of aliphatic hydroxyl groups excluding tert-OH is 1. The number of aryl methyl sites for hydroxylation is 2. The second-order valence-electron chi connectivity index (χ2n) is 11.2. The lowest BCUT2D eigenvalue weighted by Gasteiger charge is -2.23. The highest BCUT2D eigenvalue weighted by molar-refractivity contribution is 7.22. The number of hydrogen-bond donors (Lipinski definition) is 1. The summed E-state index contributed by atoms with van der Waals surface area (Å²) in [6.45, 7) is 8.71. The predicted molar refractivity (Wildman–Crippen MR) is 166 cm³/mol. The lowest BCUT2D eigenvalue weighted by Crippen LogP contribution is -2.29. The van der Waals surface area contributed by atoms with Gasteiger partial charge in [-0.25, -0.2) is 4.98 Å². The number of ether oxygens (including phenoxy) is 2. The number of fused-ring (bicyclic) bond motifs is 2. The largest absolute Gasteiger partial charge is 0.507 e. The Morgan fingerprint density at radius 2 is 1.95 bits per heavy atom. The summed E-state index contributed by atoms with van der Waals surface area (Å²) >= 11 is 1.37. The summed E-state index contributed by atoms with van der Waals surface area (Å²) in [5.74, 6) is -0.269. The number of unbranched alkanes of at least 4 members (excludes halogenated alkanes) is 2. The average Bonchev–Trinajstić information content (AvgIpc) is 3.63. The van der Waals surface area contributed by atoms with Crippen LogP contribution in [0.1, 0.15) is 67.0 Å². The molecule has 2 atom stereocenters. The fraction of sp³-hybridized carbons (Fsp3) is 0.324. The molecule has 0 bridgehead atoms. The maximum atomic E-state index is 13.8. The van der Waals surface area contributed by atoms with Crippen LogP contribution in [-0.4, -0.2) is 34.5 Å². The molecule has 1 aromatic heterocycles. The van der Waals surface area contributed by atoms with E-state index in [1.54, 1.807) is 6.07 Å². The lowest BCUT2D eigenvalue weighted by atomic mass is 9.94. The van der Waals surface area contributed by atoms with Crippen molar-refractivity contribution >= 4 is 44.1 Å². The van der Waals surface area contributed by atoms with E-state index >= 15 is 0 Å². The number of Topliss-reactive ketones (excluding diaryl/α,β-unsaturated/α-hetero) is 1. The van der Waals surface area contributed by atoms with Crippen LogP contribution in [-0.2, 0) is 16.0 Å². The van der Waals surface area contributed by atoms with Crippen molar-refractivity contribution in [3.8, 4) is 11.5 Å². The number of amides is 1. The first-order valence-electron chi connectivity index (χ1n) is 14.5. The van der Waals surface area contributed by atoms with Gasteiger partial charge in [-0.2, -0.15) is 0 Å². The highest BCUT2D eigenvalue weighted by atomic mass is 32.1. The highest BCUT2D eigenvalue weighted by Gasteiger charge is 2.48. The molecule has 3 heterocycles. The van der Waals surface area contributed by atoms with E-state index in [1.807, 2.05) is 63.2 Å². The van der Waals surface area contributed by atoms with Crippen LogP contribution in [0.15, 0.2) is 60.2 Å². The first-order valence-corrected chi connectivity index (χ1v) is 15.3. The van der Waals surface area contributed by atoms with Crippen molar-refractivity contribution in [2.45, 2.75) is 65.5 Å². The number of nitrogens with zero attached hydrogens (tertiary/aromatic N) is 2. The van der Waals surface area contributed by atoms with Gasteiger partial charge in [0.2, 0.25) is 0 Å². The summed E-state index contributed by atoms with van der Waals surface area (Å²) in [7, 11) is 0. The van der Waals surface area contributed by atoms with E-state index in [1.165, 1.54) is 16.2 Å². The maximum absolute atomic E-state index is 13.8. The number of aromatic nitrogens is 1. The van der Waals surface area contributed by atoms with Gasteiger partial charge >= 0.3 is 5.91 Å². The van der Waals surface area contributed by atoms with Gasteiger partial charge < -0.3 is 14.6 Å². The number of ketones is 1. The summed E-state index contributed by atoms with van der Waals surface area (Å²) in [6.07, 6.45) is 3.84. The van der Waals surface area contributed by atoms with Crippen LogP contribution in [0.25, 0.3) is 16.0 Å². The lowest BCUT2D eigenvalue weighted by molar-refractivity contribution is -0.132. The van der Waals surface area contributed by atoms with Gasteiger partial charge in [-0.15, -0.1) is 0 Å². The van der Waals surface area contributed by atoms with E-state index in [0.29, 0.717) is 35.0 Å². The van der Waals surface area contributed by atoms with Crippen LogP contribution < -0.4 is 14.4 Å². The minimum Gasteiger partial charge on any atom is -0.507 e. The Bertz CT molecular complexity index is 1740. The molecule has 3 aromatic carbocycles. The molecule has 1 fully saturated rings. The molecule has 0 unspecified atom stereocenters.